The van der Waals surface area contributed by atoms with Crippen molar-refractivity contribution in [3.05, 3.63) is 75.7 Å². The molecule has 0 bridgehead atoms. The highest BCUT2D eigenvalue weighted by Gasteiger charge is 2.40. The summed E-state index contributed by atoms with van der Waals surface area (Å²) in [5.41, 5.74) is 1.96. The Morgan fingerprint density at radius 1 is 1.07 bits per heavy atom. The number of hydrogen-bond donors (Lipinski definition) is 0. The van der Waals surface area contributed by atoms with Crippen LogP contribution in [-0.4, -0.2) is 25.9 Å². The molecule has 1 aromatic carbocycles. The molecule has 3 aromatic rings. The first kappa shape index (κ1) is 18.6. The Morgan fingerprint density at radius 2 is 1.93 bits per heavy atom. The summed E-state index contributed by atoms with van der Waals surface area (Å²) in [6.45, 7) is 0. The first-order chi connectivity index (χ1) is 13.6. The van der Waals surface area contributed by atoms with E-state index in [4.69, 9.17) is 4.42 Å². The molecule has 0 N–H and O–H groups in total. The number of hydrogen-bond acceptors (Lipinski definition) is 6. The van der Waals surface area contributed by atoms with Gasteiger partial charge in [0.2, 0.25) is 0 Å². The van der Waals surface area contributed by atoms with Crippen LogP contribution in [-0.2, 0) is 15.3 Å². The van der Waals surface area contributed by atoms with Crippen molar-refractivity contribution in [2.45, 2.75) is 5.75 Å². The van der Waals surface area contributed by atoms with Crippen molar-refractivity contribution in [2.24, 2.45) is 0 Å². The summed E-state index contributed by atoms with van der Waals surface area (Å²) in [6, 6.07) is 14.9. The van der Waals surface area contributed by atoms with Crippen LogP contribution in [0.15, 0.2) is 69.5 Å². The number of anilines is 2. The standard InChI is InChI=1S/C21H18N2O3S2/c1-22(2)14-6-3-7-15(12-14)23-20(24)18(17-9-5-11-27-17)19(21(23)25)28-13-16-8-4-10-26-16/h3-12H,13H2,1-2H3. The van der Waals surface area contributed by atoms with Crippen LogP contribution in [0.5, 0.6) is 0 Å². The average Bonchev–Trinajstić information content (AvgIpc) is 3.42. The lowest BCUT2D eigenvalue weighted by Gasteiger charge is -2.18. The topological polar surface area (TPSA) is 53.8 Å². The van der Waals surface area contributed by atoms with Gasteiger partial charge in [0.25, 0.3) is 11.8 Å². The van der Waals surface area contributed by atoms with Crippen molar-refractivity contribution < 1.29 is 14.0 Å². The van der Waals surface area contributed by atoms with Crippen molar-refractivity contribution in [1.29, 1.82) is 0 Å². The number of carbonyl (C=O) groups excluding carboxylic acids is 2. The molecule has 0 atom stereocenters. The maximum absolute atomic E-state index is 13.3. The van der Waals surface area contributed by atoms with E-state index in [1.54, 1.807) is 12.3 Å². The Bertz CT molecular complexity index is 1040. The molecule has 3 heterocycles. The van der Waals surface area contributed by atoms with Crippen LogP contribution in [0.25, 0.3) is 5.57 Å². The van der Waals surface area contributed by atoms with E-state index in [0.29, 0.717) is 21.9 Å². The molecular weight excluding hydrogens is 392 g/mol. The molecule has 28 heavy (non-hydrogen) atoms. The number of furan rings is 1. The van der Waals surface area contributed by atoms with Gasteiger partial charge in [-0.1, -0.05) is 12.1 Å². The molecule has 142 valence electrons. The Hall–Kier alpha value is -2.77. The highest BCUT2D eigenvalue weighted by atomic mass is 32.2. The summed E-state index contributed by atoms with van der Waals surface area (Å²) in [4.78, 5) is 31.0. The molecule has 0 saturated heterocycles. The molecule has 0 fully saturated rings. The summed E-state index contributed by atoms with van der Waals surface area (Å²) < 4.78 is 5.38. The van der Waals surface area contributed by atoms with E-state index in [-0.39, 0.29) is 11.8 Å². The Morgan fingerprint density at radius 3 is 2.61 bits per heavy atom. The third-order valence-electron chi connectivity index (χ3n) is 4.35. The molecular formula is C21H18N2O3S2. The van der Waals surface area contributed by atoms with Gasteiger partial charge in [0, 0.05) is 24.7 Å². The third kappa shape index (κ3) is 3.39. The molecule has 0 radical (unpaired) electrons. The van der Waals surface area contributed by atoms with E-state index in [1.807, 2.05) is 66.8 Å². The van der Waals surface area contributed by atoms with Gasteiger partial charge in [0.1, 0.15) is 5.76 Å². The fourth-order valence-corrected chi connectivity index (χ4v) is 4.80. The maximum atomic E-state index is 13.3. The Balaban J connectivity index is 1.72. The third-order valence-corrected chi connectivity index (χ3v) is 6.34. The number of amides is 2. The van der Waals surface area contributed by atoms with E-state index in [1.165, 1.54) is 28.0 Å². The number of thioether (sulfide) groups is 1. The molecule has 1 aliphatic rings. The van der Waals surface area contributed by atoms with Gasteiger partial charge in [-0.25, -0.2) is 4.90 Å². The molecule has 2 aromatic heterocycles. The maximum Gasteiger partial charge on any atom is 0.272 e. The molecule has 0 aliphatic carbocycles. The zero-order chi connectivity index (χ0) is 19.7. The average molecular weight is 411 g/mol. The van der Waals surface area contributed by atoms with Crippen LogP contribution in [0.2, 0.25) is 0 Å². The second-order valence-electron chi connectivity index (χ2n) is 6.41. The highest BCUT2D eigenvalue weighted by Crippen LogP contribution is 2.41. The molecule has 0 saturated carbocycles. The summed E-state index contributed by atoms with van der Waals surface area (Å²) in [7, 11) is 3.85. The van der Waals surface area contributed by atoms with Crippen molar-refractivity contribution in [3.8, 4) is 0 Å². The van der Waals surface area contributed by atoms with Gasteiger partial charge in [-0.15, -0.1) is 23.1 Å². The molecule has 0 unspecified atom stereocenters. The first-order valence-electron chi connectivity index (χ1n) is 8.66. The van der Waals surface area contributed by atoms with E-state index in [9.17, 15) is 9.59 Å². The van der Waals surface area contributed by atoms with E-state index in [2.05, 4.69) is 0 Å². The van der Waals surface area contributed by atoms with E-state index < -0.39 is 0 Å². The molecule has 4 rings (SSSR count). The zero-order valence-electron chi connectivity index (χ0n) is 15.4. The number of thiophene rings is 1. The van der Waals surface area contributed by atoms with Crippen LogP contribution in [0.4, 0.5) is 11.4 Å². The van der Waals surface area contributed by atoms with Crippen molar-refractivity contribution in [3.63, 3.8) is 0 Å². The van der Waals surface area contributed by atoms with Gasteiger partial charge in [-0.3, -0.25) is 9.59 Å². The predicted octanol–water partition coefficient (Wildman–Crippen LogP) is 4.63. The Labute approximate surface area is 171 Å². The predicted molar refractivity (Wildman–Crippen MR) is 115 cm³/mol. The van der Waals surface area contributed by atoms with E-state index in [0.717, 1.165) is 16.3 Å². The van der Waals surface area contributed by atoms with Crippen LogP contribution in [0, 0.1) is 0 Å². The molecule has 5 nitrogen and oxygen atoms in total. The second kappa shape index (κ2) is 7.69. The number of nitrogens with zero attached hydrogens (tertiary/aromatic N) is 2. The minimum Gasteiger partial charge on any atom is -0.468 e. The fourth-order valence-electron chi connectivity index (χ4n) is 2.96. The minimum absolute atomic E-state index is 0.287. The van der Waals surface area contributed by atoms with Gasteiger partial charge in [0.05, 0.1) is 28.2 Å². The second-order valence-corrected chi connectivity index (χ2v) is 8.34. The van der Waals surface area contributed by atoms with Crippen molar-refractivity contribution >= 4 is 51.9 Å². The van der Waals surface area contributed by atoms with Gasteiger partial charge in [0.15, 0.2) is 0 Å². The van der Waals surface area contributed by atoms with Crippen molar-refractivity contribution in [2.75, 3.05) is 23.9 Å². The molecule has 2 amide bonds. The monoisotopic (exact) mass is 410 g/mol. The van der Waals surface area contributed by atoms with Crippen LogP contribution in [0.3, 0.4) is 0 Å². The lowest BCUT2D eigenvalue weighted by atomic mass is 10.2. The summed E-state index contributed by atoms with van der Waals surface area (Å²) >= 11 is 2.79. The van der Waals surface area contributed by atoms with Crippen LogP contribution in [0.1, 0.15) is 10.6 Å². The zero-order valence-corrected chi connectivity index (χ0v) is 17.0. The minimum atomic E-state index is -0.291. The lowest BCUT2D eigenvalue weighted by Crippen LogP contribution is -2.31. The summed E-state index contributed by atoms with van der Waals surface area (Å²) in [6.07, 6.45) is 1.60. The van der Waals surface area contributed by atoms with E-state index >= 15 is 0 Å². The number of imide groups is 1. The molecule has 0 spiro atoms. The molecule has 7 heteroatoms. The first-order valence-corrected chi connectivity index (χ1v) is 10.5. The normalized spacial score (nSPS) is 14.3. The number of benzene rings is 1. The van der Waals surface area contributed by atoms with Crippen LogP contribution >= 0.6 is 23.1 Å². The lowest BCUT2D eigenvalue weighted by molar-refractivity contribution is -0.119. The van der Waals surface area contributed by atoms with Gasteiger partial charge in [-0.2, -0.15) is 0 Å². The molecule has 1 aliphatic heterocycles. The Kier molecular flexibility index (Phi) is 5.11. The highest BCUT2D eigenvalue weighted by molar-refractivity contribution is 8.03. The van der Waals surface area contributed by atoms with Crippen LogP contribution < -0.4 is 9.80 Å². The smallest absolute Gasteiger partial charge is 0.272 e. The largest absolute Gasteiger partial charge is 0.468 e. The van der Waals surface area contributed by atoms with Gasteiger partial charge >= 0.3 is 0 Å². The van der Waals surface area contributed by atoms with Crippen molar-refractivity contribution in [1.82, 2.24) is 0 Å². The number of rotatable bonds is 6. The summed E-state index contributed by atoms with van der Waals surface area (Å²) in [5, 5.41) is 1.91. The quantitative estimate of drug-likeness (QED) is 0.555. The van der Waals surface area contributed by atoms with Gasteiger partial charge < -0.3 is 9.32 Å². The fraction of sp³-hybridized carbons (Fsp3) is 0.143. The summed E-state index contributed by atoms with van der Waals surface area (Å²) in [5.74, 6) is 0.671. The SMILES string of the molecule is CN(C)c1cccc(N2C(=O)C(SCc3ccco3)=C(c3cccs3)C2=O)c1. The number of carbonyl (C=O) groups is 2. The van der Waals surface area contributed by atoms with Gasteiger partial charge in [-0.05, 0) is 41.8 Å².